The van der Waals surface area contributed by atoms with Gasteiger partial charge in [0.25, 0.3) is 5.69 Å². The molecule has 3 aromatic rings. The Labute approximate surface area is 187 Å². The van der Waals surface area contributed by atoms with Gasteiger partial charge in [-0.05, 0) is 61.5 Å². The molecule has 170 valence electrons. The van der Waals surface area contributed by atoms with E-state index in [2.05, 4.69) is 0 Å². The molecule has 1 atom stereocenters. The number of ketones is 1. The van der Waals surface area contributed by atoms with E-state index in [1.165, 1.54) is 49.4 Å². The van der Waals surface area contributed by atoms with E-state index in [1.807, 2.05) is 0 Å². The normalized spacial score (nSPS) is 11.9. The molecule has 0 bridgehead atoms. The number of carbonyl (C=O) groups excluding carboxylic acids is 2. The van der Waals surface area contributed by atoms with E-state index in [9.17, 15) is 32.5 Å². The number of esters is 1. The first-order valence-electron chi connectivity index (χ1n) is 9.36. The van der Waals surface area contributed by atoms with Crippen molar-refractivity contribution in [1.29, 1.82) is 0 Å². The van der Waals surface area contributed by atoms with Gasteiger partial charge in [0.2, 0.25) is 5.78 Å². The number of hydrogen-bond donors (Lipinski definition) is 0. The summed E-state index contributed by atoms with van der Waals surface area (Å²) >= 11 is 0. The average molecular weight is 473 g/mol. The molecule has 0 unspecified atom stereocenters. The van der Waals surface area contributed by atoms with Crippen LogP contribution in [0.4, 0.5) is 10.1 Å². The molecule has 3 rings (SSSR count). The summed E-state index contributed by atoms with van der Waals surface area (Å²) in [5, 5.41) is 10.8. The van der Waals surface area contributed by atoms with E-state index < -0.39 is 49.3 Å². The third kappa shape index (κ3) is 5.77. The zero-order valence-corrected chi connectivity index (χ0v) is 17.8. The third-order valence-corrected chi connectivity index (χ3v) is 5.64. The Hall–Kier alpha value is -4.12. The Balaban J connectivity index is 1.67. The van der Waals surface area contributed by atoms with E-state index in [0.717, 1.165) is 30.3 Å². The van der Waals surface area contributed by atoms with Gasteiger partial charge in [-0.25, -0.2) is 9.18 Å². The maximum absolute atomic E-state index is 13.0. The minimum absolute atomic E-state index is 0.0221. The number of carbonyl (C=O) groups is 2. The van der Waals surface area contributed by atoms with E-state index in [-0.39, 0.29) is 16.9 Å². The third-order valence-electron chi connectivity index (χ3n) is 4.39. The Morgan fingerprint density at radius 2 is 1.58 bits per heavy atom. The van der Waals surface area contributed by atoms with Crippen molar-refractivity contribution in [3.05, 3.63) is 99.9 Å². The Kier molecular flexibility index (Phi) is 6.83. The number of benzene rings is 3. The standard InChI is InChI=1S/C22H16FNO8S/c1-14(21(25)15-5-9-17(23)10-6-15)31-22(26)16-7-11-19(12-8-16)32-33(29,30)20-4-2-3-18(13-20)24(27)28/h2-14H,1H3/t14-/m0/s1. The number of nitrogens with zero attached hydrogens (tertiary/aromatic N) is 1. The highest BCUT2D eigenvalue weighted by molar-refractivity contribution is 7.87. The van der Waals surface area contributed by atoms with Crippen molar-refractivity contribution in [3.63, 3.8) is 0 Å². The molecule has 0 radical (unpaired) electrons. The number of halogens is 1. The average Bonchev–Trinajstić information content (AvgIpc) is 2.79. The lowest BCUT2D eigenvalue weighted by Gasteiger charge is -2.13. The first-order chi connectivity index (χ1) is 15.6. The van der Waals surface area contributed by atoms with Crippen LogP contribution in [0.1, 0.15) is 27.6 Å². The molecule has 11 heteroatoms. The minimum Gasteiger partial charge on any atom is -0.451 e. The van der Waals surface area contributed by atoms with E-state index in [4.69, 9.17) is 8.92 Å². The monoisotopic (exact) mass is 473 g/mol. The molecule has 0 aliphatic rings. The number of Topliss-reactive ketones (excluding diaryl/α,β-unsaturated/α-hetero) is 1. The Morgan fingerprint density at radius 1 is 0.970 bits per heavy atom. The summed E-state index contributed by atoms with van der Waals surface area (Å²) in [7, 11) is -4.36. The lowest BCUT2D eigenvalue weighted by atomic mass is 10.1. The van der Waals surface area contributed by atoms with Crippen molar-refractivity contribution in [1.82, 2.24) is 0 Å². The highest BCUT2D eigenvalue weighted by atomic mass is 32.2. The largest absolute Gasteiger partial charge is 0.451 e. The molecular weight excluding hydrogens is 457 g/mol. The minimum atomic E-state index is -4.36. The number of rotatable bonds is 8. The summed E-state index contributed by atoms with van der Waals surface area (Å²) in [6.07, 6.45) is -1.15. The first-order valence-corrected chi connectivity index (χ1v) is 10.8. The van der Waals surface area contributed by atoms with Crippen LogP contribution in [0.25, 0.3) is 0 Å². The van der Waals surface area contributed by atoms with Crippen LogP contribution in [-0.2, 0) is 14.9 Å². The Morgan fingerprint density at radius 3 is 2.18 bits per heavy atom. The molecule has 33 heavy (non-hydrogen) atoms. The predicted octanol–water partition coefficient (Wildman–Crippen LogP) is 3.93. The molecular formula is C22H16FNO8S. The van der Waals surface area contributed by atoms with Crippen LogP contribution in [0.5, 0.6) is 5.75 Å². The second-order valence-electron chi connectivity index (χ2n) is 6.73. The van der Waals surface area contributed by atoms with Crippen LogP contribution < -0.4 is 4.18 Å². The number of ether oxygens (including phenoxy) is 1. The molecule has 0 heterocycles. The SMILES string of the molecule is C[C@H](OC(=O)c1ccc(OS(=O)(=O)c2cccc([N+](=O)[O-])c2)cc1)C(=O)c1ccc(F)cc1. The van der Waals surface area contributed by atoms with Crippen LogP contribution in [0.15, 0.2) is 77.7 Å². The van der Waals surface area contributed by atoms with Crippen molar-refractivity contribution in [3.8, 4) is 5.75 Å². The molecule has 3 aromatic carbocycles. The van der Waals surface area contributed by atoms with Gasteiger partial charge in [-0.3, -0.25) is 14.9 Å². The summed E-state index contributed by atoms with van der Waals surface area (Å²) in [6.45, 7) is 1.37. The molecule has 0 saturated carbocycles. The van der Waals surface area contributed by atoms with Crippen LogP contribution in [0, 0.1) is 15.9 Å². The van der Waals surface area contributed by atoms with Gasteiger partial charge in [-0.15, -0.1) is 0 Å². The number of hydrogen-bond acceptors (Lipinski definition) is 8. The van der Waals surface area contributed by atoms with Gasteiger partial charge in [0, 0.05) is 17.7 Å². The molecule has 0 saturated heterocycles. The summed E-state index contributed by atoms with van der Waals surface area (Å²) in [4.78, 5) is 34.3. The second-order valence-corrected chi connectivity index (χ2v) is 8.28. The molecule has 0 aromatic heterocycles. The summed E-state index contributed by atoms with van der Waals surface area (Å²) in [5.74, 6) is -2.02. The molecule has 9 nitrogen and oxygen atoms in total. The van der Waals surface area contributed by atoms with Crippen LogP contribution >= 0.6 is 0 Å². The van der Waals surface area contributed by atoms with Gasteiger partial charge in [-0.2, -0.15) is 8.42 Å². The fourth-order valence-electron chi connectivity index (χ4n) is 2.70. The quantitative estimate of drug-likeness (QED) is 0.158. The molecule has 0 spiro atoms. The highest BCUT2D eigenvalue weighted by Crippen LogP contribution is 2.23. The van der Waals surface area contributed by atoms with Crippen molar-refractivity contribution < 1.29 is 36.2 Å². The maximum atomic E-state index is 13.0. The lowest BCUT2D eigenvalue weighted by molar-refractivity contribution is -0.385. The van der Waals surface area contributed by atoms with E-state index >= 15 is 0 Å². The van der Waals surface area contributed by atoms with Crippen molar-refractivity contribution >= 4 is 27.6 Å². The zero-order chi connectivity index (χ0) is 24.2. The van der Waals surface area contributed by atoms with Crippen molar-refractivity contribution in [2.75, 3.05) is 0 Å². The maximum Gasteiger partial charge on any atom is 0.339 e. The second kappa shape index (κ2) is 9.57. The summed E-state index contributed by atoms with van der Waals surface area (Å²) in [6, 6.07) is 14.0. The van der Waals surface area contributed by atoms with Gasteiger partial charge < -0.3 is 8.92 Å². The number of nitro groups is 1. The topological polar surface area (TPSA) is 130 Å². The fraction of sp³-hybridized carbons (Fsp3) is 0.0909. The molecule has 0 aliphatic heterocycles. The molecule has 0 amide bonds. The van der Waals surface area contributed by atoms with E-state index in [1.54, 1.807) is 0 Å². The van der Waals surface area contributed by atoms with Gasteiger partial charge in [0.05, 0.1) is 10.5 Å². The molecule has 0 fully saturated rings. The predicted molar refractivity (Wildman–Crippen MR) is 113 cm³/mol. The summed E-state index contributed by atoms with van der Waals surface area (Å²) < 4.78 is 47.8. The molecule has 0 aliphatic carbocycles. The van der Waals surface area contributed by atoms with E-state index in [0.29, 0.717) is 0 Å². The van der Waals surface area contributed by atoms with Gasteiger partial charge in [0.1, 0.15) is 16.5 Å². The van der Waals surface area contributed by atoms with Crippen LogP contribution in [0.3, 0.4) is 0 Å². The van der Waals surface area contributed by atoms with Crippen molar-refractivity contribution in [2.24, 2.45) is 0 Å². The fourth-order valence-corrected chi connectivity index (χ4v) is 3.68. The zero-order valence-electron chi connectivity index (χ0n) is 17.0. The van der Waals surface area contributed by atoms with Gasteiger partial charge >= 0.3 is 16.1 Å². The van der Waals surface area contributed by atoms with Gasteiger partial charge in [0.15, 0.2) is 6.10 Å². The Bertz CT molecular complexity index is 1300. The number of nitro benzene ring substituents is 1. The molecule has 0 N–H and O–H groups in total. The number of non-ortho nitro benzene ring substituents is 1. The van der Waals surface area contributed by atoms with Gasteiger partial charge in [-0.1, -0.05) is 6.07 Å². The lowest BCUT2D eigenvalue weighted by Crippen LogP contribution is -2.24. The van der Waals surface area contributed by atoms with Crippen molar-refractivity contribution in [2.45, 2.75) is 17.9 Å². The highest BCUT2D eigenvalue weighted by Gasteiger charge is 2.22. The smallest absolute Gasteiger partial charge is 0.339 e. The summed E-state index contributed by atoms with van der Waals surface area (Å²) in [5.41, 5.74) is -0.220. The van der Waals surface area contributed by atoms with Crippen LogP contribution in [0.2, 0.25) is 0 Å². The van der Waals surface area contributed by atoms with Crippen LogP contribution in [-0.4, -0.2) is 31.2 Å². The first kappa shape index (κ1) is 23.5.